The standard InChI is InChI=1S/C29H30FN3O3/c1-5-32(6-2)23-13-9-19(10-14-23)26-25(27(34)20-7-11-21(30)12-8-20)28(35)29(36)33(26)24-17-15-22(16-18-24)31(3)4/h7-18,26,34H,5-6H2,1-4H3/b27-25+. The maximum Gasteiger partial charge on any atom is 0.300 e. The zero-order chi connectivity index (χ0) is 26.0. The Morgan fingerprint density at radius 1 is 0.861 bits per heavy atom. The Bertz CT molecular complexity index is 1280. The highest BCUT2D eigenvalue weighted by Crippen LogP contribution is 2.42. The topological polar surface area (TPSA) is 64.1 Å². The second-order valence-electron chi connectivity index (χ2n) is 8.85. The van der Waals surface area contributed by atoms with Crippen molar-refractivity contribution in [1.82, 2.24) is 0 Å². The molecule has 1 atom stereocenters. The molecule has 0 bridgehead atoms. The molecule has 186 valence electrons. The molecule has 4 rings (SSSR count). The van der Waals surface area contributed by atoms with E-state index in [2.05, 4.69) is 18.7 Å². The number of halogens is 1. The van der Waals surface area contributed by atoms with E-state index >= 15 is 0 Å². The molecule has 1 fully saturated rings. The van der Waals surface area contributed by atoms with E-state index in [1.807, 2.05) is 55.4 Å². The minimum absolute atomic E-state index is 0.0288. The zero-order valence-corrected chi connectivity index (χ0v) is 20.9. The number of amides is 1. The highest BCUT2D eigenvalue weighted by molar-refractivity contribution is 6.51. The molecule has 0 aromatic heterocycles. The third-order valence-electron chi connectivity index (χ3n) is 6.54. The van der Waals surface area contributed by atoms with Crippen molar-refractivity contribution in [1.29, 1.82) is 0 Å². The van der Waals surface area contributed by atoms with Crippen LogP contribution in [0.5, 0.6) is 0 Å². The number of aliphatic hydroxyl groups excluding tert-OH is 1. The Morgan fingerprint density at radius 3 is 1.94 bits per heavy atom. The Kier molecular flexibility index (Phi) is 7.10. The van der Waals surface area contributed by atoms with Gasteiger partial charge in [-0.05, 0) is 80.1 Å². The van der Waals surface area contributed by atoms with Gasteiger partial charge in [-0.2, -0.15) is 0 Å². The molecule has 0 radical (unpaired) electrons. The highest BCUT2D eigenvalue weighted by Gasteiger charge is 2.47. The highest BCUT2D eigenvalue weighted by atomic mass is 19.1. The molecule has 3 aromatic carbocycles. The van der Waals surface area contributed by atoms with Crippen molar-refractivity contribution >= 4 is 34.5 Å². The van der Waals surface area contributed by atoms with Gasteiger partial charge >= 0.3 is 0 Å². The normalized spacial score (nSPS) is 16.9. The van der Waals surface area contributed by atoms with Crippen molar-refractivity contribution in [2.45, 2.75) is 19.9 Å². The molecule has 1 heterocycles. The fourth-order valence-corrected chi connectivity index (χ4v) is 4.55. The van der Waals surface area contributed by atoms with E-state index in [1.165, 1.54) is 29.2 Å². The molecule has 1 unspecified atom stereocenters. The zero-order valence-electron chi connectivity index (χ0n) is 20.9. The van der Waals surface area contributed by atoms with Crippen LogP contribution in [0.2, 0.25) is 0 Å². The average Bonchev–Trinajstić information content (AvgIpc) is 3.15. The van der Waals surface area contributed by atoms with Crippen molar-refractivity contribution in [2.75, 3.05) is 41.9 Å². The van der Waals surface area contributed by atoms with Crippen LogP contribution in [0.4, 0.5) is 21.5 Å². The molecular formula is C29H30FN3O3. The van der Waals surface area contributed by atoms with Gasteiger partial charge in [-0.25, -0.2) is 4.39 Å². The summed E-state index contributed by atoms with van der Waals surface area (Å²) in [5.41, 5.74) is 3.43. The Labute approximate surface area is 210 Å². The molecule has 1 aliphatic heterocycles. The van der Waals surface area contributed by atoms with Gasteiger partial charge in [-0.15, -0.1) is 0 Å². The number of hydrogen-bond acceptors (Lipinski definition) is 5. The summed E-state index contributed by atoms with van der Waals surface area (Å²) in [6, 6.07) is 19.3. The van der Waals surface area contributed by atoms with Gasteiger partial charge in [0.05, 0.1) is 11.6 Å². The molecule has 7 heteroatoms. The van der Waals surface area contributed by atoms with Crippen LogP contribution in [0.1, 0.15) is 31.0 Å². The van der Waals surface area contributed by atoms with E-state index in [9.17, 15) is 19.1 Å². The number of nitrogens with zero attached hydrogens (tertiary/aromatic N) is 3. The summed E-state index contributed by atoms with van der Waals surface area (Å²) in [5, 5.41) is 11.2. The maximum atomic E-state index is 13.5. The SMILES string of the molecule is CCN(CC)c1ccc(C2/C(=C(\O)c3ccc(F)cc3)C(=O)C(=O)N2c2ccc(N(C)C)cc2)cc1. The van der Waals surface area contributed by atoms with Gasteiger partial charge in [0.2, 0.25) is 0 Å². The average molecular weight is 488 g/mol. The van der Waals surface area contributed by atoms with Crippen molar-refractivity contribution in [3.63, 3.8) is 0 Å². The maximum absolute atomic E-state index is 13.5. The van der Waals surface area contributed by atoms with E-state index in [0.29, 0.717) is 11.3 Å². The predicted molar refractivity (Wildman–Crippen MR) is 142 cm³/mol. The summed E-state index contributed by atoms with van der Waals surface area (Å²) in [6.45, 7) is 5.84. The molecule has 0 spiro atoms. The first-order valence-corrected chi connectivity index (χ1v) is 12.0. The number of aliphatic hydroxyl groups is 1. The van der Waals surface area contributed by atoms with Crippen LogP contribution < -0.4 is 14.7 Å². The predicted octanol–water partition coefficient (Wildman–Crippen LogP) is 5.36. The Balaban J connectivity index is 1.87. The molecule has 0 aliphatic carbocycles. The molecular weight excluding hydrogens is 457 g/mol. The van der Waals surface area contributed by atoms with Crippen LogP contribution in [0.15, 0.2) is 78.4 Å². The molecule has 1 aliphatic rings. The van der Waals surface area contributed by atoms with Crippen LogP contribution in [-0.2, 0) is 9.59 Å². The summed E-state index contributed by atoms with van der Waals surface area (Å²) in [4.78, 5) is 32.2. The van der Waals surface area contributed by atoms with Gasteiger partial charge in [0, 0.05) is 49.8 Å². The lowest BCUT2D eigenvalue weighted by molar-refractivity contribution is -0.132. The summed E-state index contributed by atoms with van der Waals surface area (Å²) in [7, 11) is 3.84. The number of ketones is 1. The van der Waals surface area contributed by atoms with Crippen LogP contribution in [-0.4, -0.2) is 44.0 Å². The van der Waals surface area contributed by atoms with Crippen molar-refractivity contribution in [2.24, 2.45) is 0 Å². The number of rotatable bonds is 7. The van der Waals surface area contributed by atoms with Crippen LogP contribution in [0, 0.1) is 5.82 Å². The van der Waals surface area contributed by atoms with Gasteiger partial charge in [-0.3, -0.25) is 14.5 Å². The van der Waals surface area contributed by atoms with Crippen molar-refractivity contribution in [3.05, 3.63) is 95.3 Å². The lowest BCUT2D eigenvalue weighted by atomic mass is 9.95. The number of benzene rings is 3. The molecule has 0 saturated carbocycles. The fourth-order valence-electron chi connectivity index (χ4n) is 4.55. The monoisotopic (exact) mass is 487 g/mol. The van der Waals surface area contributed by atoms with Crippen molar-refractivity contribution < 1.29 is 19.1 Å². The lowest BCUT2D eigenvalue weighted by Crippen LogP contribution is -2.29. The third kappa shape index (κ3) is 4.56. The van der Waals surface area contributed by atoms with Gasteiger partial charge < -0.3 is 14.9 Å². The molecule has 36 heavy (non-hydrogen) atoms. The number of hydrogen-bond donors (Lipinski definition) is 1. The van der Waals surface area contributed by atoms with Crippen LogP contribution in [0.3, 0.4) is 0 Å². The smallest absolute Gasteiger partial charge is 0.300 e. The van der Waals surface area contributed by atoms with E-state index in [0.717, 1.165) is 24.5 Å². The number of anilines is 3. The summed E-state index contributed by atoms with van der Waals surface area (Å²) in [5.74, 6) is -2.31. The minimum atomic E-state index is -0.842. The number of carbonyl (C=O) groups is 2. The molecule has 1 amide bonds. The first-order chi connectivity index (χ1) is 17.3. The second kappa shape index (κ2) is 10.2. The van der Waals surface area contributed by atoms with Crippen LogP contribution >= 0.6 is 0 Å². The van der Waals surface area contributed by atoms with E-state index in [-0.39, 0.29) is 16.9 Å². The van der Waals surface area contributed by atoms with E-state index in [4.69, 9.17) is 0 Å². The largest absolute Gasteiger partial charge is 0.507 e. The van der Waals surface area contributed by atoms with Gasteiger partial charge in [0.15, 0.2) is 0 Å². The summed E-state index contributed by atoms with van der Waals surface area (Å²) >= 11 is 0. The Morgan fingerprint density at radius 2 is 1.42 bits per heavy atom. The first-order valence-electron chi connectivity index (χ1n) is 12.0. The minimum Gasteiger partial charge on any atom is -0.507 e. The third-order valence-corrected chi connectivity index (χ3v) is 6.54. The van der Waals surface area contributed by atoms with Gasteiger partial charge in [0.25, 0.3) is 11.7 Å². The first kappa shape index (κ1) is 25.0. The van der Waals surface area contributed by atoms with E-state index in [1.54, 1.807) is 12.1 Å². The molecule has 6 nitrogen and oxygen atoms in total. The van der Waals surface area contributed by atoms with Crippen molar-refractivity contribution in [3.8, 4) is 0 Å². The summed E-state index contributed by atoms with van der Waals surface area (Å²) < 4.78 is 13.5. The quantitative estimate of drug-likeness (QED) is 0.276. The second-order valence-corrected chi connectivity index (χ2v) is 8.85. The fraction of sp³-hybridized carbons (Fsp3) is 0.241. The number of Topliss-reactive ketones (excluding diaryl/α,β-unsaturated/α-hetero) is 1. The molecule has 1 saturated heterocycles. The Hall–Kier alpha value is -4.13. The molecule has 1 N–H and O–H groups in total. The lowest BCUT2D eigenvalue weighted by Gasteiger charge is -2.27. The number of carbonyl (C=O) groups excluding carboxylic acids is 2. The van der Waals surface area contributed by atoms with Gasteiger partial charge in [-0.1, -0.05) is 12.1 Å². The summed E-state index contributed by atoms with van der Waals surface area (Å²) in [6.07, 6.45) is 0. The van der Waals surface area contributed by atoms with Gasteiger partial charge in [0.1, 0.15) is 11.6 Å². The molecule has 3 aromatic rings. The van der Waals surface area contributed by atoms with Crippen LogP contribution in [0.25, 0.3) is 5.76 Å². The van der Waals surface area contributed by atoms with E-state index < -0.39 is 23.5 Å².